The molecule has 9 nitrogen and oxygen atoms in total. The van der Waals surface area contributed by atoms with Crippen molar-refractivity contribution in [3.05, 3.63) is 53.9 Å². The van der Waals surface area contributed by atoms with E-state index in [2.05, 4.69) is 25.3 Å². The van der Waals surface area contributed by atoms with Crippen LogP contribution in [0.2, 0.25) is 0 Å². The smallest absolute Gasteiger partial charge is 0.267 e. The van der Waals surface area contributed by atoms with Gasteiger partial charge in [-0.2, -0.15) is 0 Å². The third-order valence-electron chi connectivity index (χ3n) is 4.17. The first-order valence-corrected chi connectivity index (χ1v) is 10.2. The van der Waals surface area contributed by atoms with Gasteiger partial charge in [0.15, 0.2) is 0 Å². The normalized spacial score (nSPS) is 16.4. The number of nitrogens with zero attached hydrogens (tertiary/aromatic N) is 1. The number of H-pyrrole nitrogens is 1. The molecule has 0 fully saturated rings. The number of carbonyl (C=O) groups is 2. The van der Waals surface area contributed by atoms with E-state index >= 15 is 0 Å². The molecule has 1 atom stereocenters. The zero-order valence-corrected chi connectivity index (χ0v) is 16.0. The van der Waals surface area contributed by atoms with Gasteiger partial charge in [0, 0.05) is 12.7 Å². The highest BCUT2D eigenvalue weighted by atomic mass is 32.2. The molecule has 1 unspecified atom stereocenters. The van der Waals surface area contributed by atoms with Crippen LogP contribution in [-0.4, -0.2) is 43.8 Å². The van der Waals surface area contributed by atoms with Crippen molar-refractivity contribution in [1.82, 2.24) is 20.3 Å². The molecule has 148 valence electrons. The third kappa shape index (κ3) is 4.77. The lowest BCUT2D eigenvalue weighted by Crippen LogP contribution is -2.40. The number of hydrogen-bond acceptors (Lipinski definition) is 5. The molecule has 0 aliphatic carbocycles. The Balaban J connectivity index is 1.51. The number of aryl methyl sites for hydroxylation is 1. The lowest BCUT2D eigenvalue weighted by molar-refractivity contribution is -0.120. The minimum absolute atomic E-state index is 0.0885. The van der Waals surface area contributed by atoms with Crippen LogP contribution in [0.3, 0.4) is 0 Å². The van der Waals surface area contributed by atoms with Gasteiger partial charge in [0.2, 0.25) is 5.96 Å². The summed E-state index contributed by atoms with van der Waals surface area (Å²) >= 11 is 0. The number of aliphatic imine (C=N–C) groups is 1. The van der Waals surface area contributed by atoms with Crippen molar-refractivity contribution >= 4 is 27.8 Å². The van der Waals surface area contributed by atoms with Crippen LogP contribution in [0.15, 0.2) is 52.5 Å². The predicted molar refractivity (Wildman–Crippen MR) is 103 cm³/mol. The number of sulfonamides is 1. The van der Waals surface area contributed by atoms with Gasteiger partial charge in [-0.3, -0.25) is 14.9 Å². The molecule has 0 saturated carbocycles. The Morgan fingerprint density at radius 2 is 1.96 bits per heavy atom. The van der Waals surface area contributed by atoms with Gasteiger partial charge in [0.25, 0.3) is 21.8 Å². The quantitative estimate of drug-likeness (QED) is 0.506. The van der Waals surface area contributed by atoms with Crippen molar-refractivity contribution in [1.29, 1.82) is 0 Å². The van der Waals surface area contributed by atoms with Crippen molar-refractivity contribution in [2.75, 3.05) is 6.54 Å². The molecule has 28 heavy (non-hydrogen) atoms. The van der Waals surface area contributed by atoms with Gasteiger partial charge in [-0.25, -0.2) is 18.1 Å². The minimum atomic E-state index is -3.82. The fourth-order valence-corrected chi connectivity index (χ4v) is 3.63. The Labute approximate surface area is 162 Å². The van der Waals surface area contributed by atoms with Gasteiger partial charge >= 0.3 is 0 Å². The lowest BCUT2D eigenvalue weighted by atomic mass is 10.1. The topological polar surface area (TPSA) is 133 Å². The summed E-state index contributed by atoms with van der Waals surface area (Å²) in [7, 11) is -3.82. The summed E-state index contributed by atoms with van der Waals surface area (Å²) in [6.07, 6.45) is 2.56. The highest BCUT2D eigenvalue weighted by Gasteiger charge is 2.28. The standard InChI is InChI=1S/C18H21N5O4S/c1-12-6-8-13(9-7-12)28(26,27)23-18-21-15(17(25)22-18)5-3-11-20-16(24)14-4-2-10-19-14/h2,4,6-10,15,19H,3,5,11H2,1H3,(H,20,24)(H2,21,22,23,25). The summed E-state index contributed by atoms with van der Waals surface area (Å²) in [6, 6.07) is 9.04. The zero-order chi connectivity index (χ0) is 20.1. The highest BCUT2D eigenvalue weighted by molar-refractivity contribution is 7.90. The molecule has 10 heteroatoms. The van der Waals surface area contributed by atoms with E-state index in [0.29, 0.717) is 25.1 Å². The monoisotopic (exact) mass is 403 g/mol. The number of benzene rings is 1. The molecule has 0 bridgehead atoms. The number of rotatable bonds is 7. The number of aromatic amines is 1. The Hall–Kier alpha value is -3.14. The molecule has 3 rings (SSSR count). The van der Waals surface area contributed by atoms with Crippen LogP contribution in [-0.2, 0) is 14.8 Å². The highest BCUT2D eigenvalue weighted by Crippen LogP contribution is 2.12. The van der Waals surface area contributed by atoms with E-state index < -0.39 is 16.1 Å². The van der Waals surface area contributed by atoms with Crippen molar-refractivity contribution in [3.63, 3.8) is 0 Å². The van der Waals surface area contributed by atoms with E-state index in [-0.39, 0.29) is 22.7 Å². The first-order valence-electron chi connectivity index (χ1n) is 8.75. The maximum Gasteiger partial charge on any atom is 0.267 e. The van der Waals surface area contributed by atoms with E-state index in [0.717, 1.165) is 5.56 Å². The SMILES string of the molecule is Cc1ccc(S(=O)(=O)NC2=NC(CCCNC(=O)c3ccc[nH]3)C(=O)N2)cc1. The molecule has 0 saturated heterocycles. The van der Waals surface area contributed by atoms with Crippen LogP contribution in [0.25, 0.3) is 0 Å². The maximum absolute atomic E-state index is 12.4. The lowest BCUT2D eigenvalue weighted by Gasteiger charge is -2.07. The van der Waals surface area contributed by atoms with Crippen LogP contribution >= 0.6 is 0 Å². The minimum Gasteiger partial charge on any atom is -0.357 e. The number of amides is 2. The molecule has 1 aromatic heterocycles. The van der Waals surface area contributed by atoms with Gasteiger partial charge in [0.1, 0.15) is 11.7 Å². The summed E-state index contributed by atoms with van der Waals surface area (Å²) in [5.41, 5.74) is 1.40. The van der Waals surface area contributed by atoms with Crippen molar-refractivity contribution in [3.8, 4) is 0 Å². The molecule has 1 aliphatic heterocycles. The van der Waals surface area contributed by atoms with Gasteiger partial charge in [-0.05, 0) is 44.0 Å². The zero-order valence-electron chi connectivity index (χ0n) is 15.2. The molecular weight excluding hydrogens is 382 g/mol. The molecule has 2 aromatic rings. The van der Waals surface area contributed by atoms with Crippen molar-refractivity contribution in [2.45, 2.75) is 30.7 Å². The fourth-order valence-electron chi connectivity index (χ4n) is 2.66. The van der Waals surface area contributed by atoms with Crippen LogP contribution in [0.5, 0.6) is 0 Å². The number of aromatic nitrogens is 1. The predicted octanol–water partition coefficient (Wildman–Crippen LogP) is 0.666. The van der Waals surface area contributed by atoms with E-state index in [1.165, 1.54) is 12.1 Å². The summed E-state index contributed by atoms with van der Waals surface area (Å²) in [5, 5.41) is 5.18. The van der Waals surface area contributed by atoms with Crippen LogP contribution in [0.1, 0.15) is 28.9 Å². The molecule has 2 amide bonds. The molecule has 2 heterocycles. The number of guanidine groups is 1. The van der Waals surface area contributed by atoms with Crippen LogP contribution in [0, 0.1) is 6.92 Å². The third-order valence-corrected chi connectivity index (χ3v) is 5.53. The van der Waals surface area contributed by atoms with E-state index in [4.69, 9.17) is 0 Å². The second-order valence-electron chi connectivity index (χ2n) is 6.38. The number of carbonyl (C=O) groups excluding carboxylic acids is 2. The first-order chi connectivity index (χ1) is 13.3. The van der Waals surface area contributed by atoms with E-state index in [9.17, 15) is 18.0 Å². The summed E-state index contributed by atoms with van der Waals surface area (Å²) in [4.78, 5) is 30.8. The van der Waals surface area contributed by atoms with Gasteiger partial charge in [0.05, 0.1) is 4.90 Å². The average Bonchev–Trinajstić information content (AvgIpc) is 3.29. The Bertz CT molecular complexity index is 981. The Kier molecular flexibility index (Phi) is 5.78. The molecule has 1 aliphatic rings. The fraction of sp³-hybridized carbons (Fsp3) is 0.278. The Morgan fingerprint density at radius 1 is 1.21 bits per heavy atom. The molecule has 1 aromatic carbocycles. The van der Waals surface area contributed by atoms with Crippen molar-refractivity contribution < 1.29 is 18.0 Å². The first kappa shape index (κ1) is 19.6. The summed E-state index contributed by atoms with van der Waals surface area (Å²) in [6.45, 7) is 2.23. The molecule has 0 spiro atoms. The van der Waals surface area contributed by atoms with Crippen molar-refractivity contribution in [2.24, 2.45) is 4.99 Å². The maximum atomic E-state index is 12.4. The van der Waals surface area contributed by atoms with E-state index in [1.54, 1.807) is 30.5 Å². The molecular formula is C18H21N5O4S. The average molecular weight is 403 g/mol. The van der Waals surface area contributed by atoms with Gasteiger partial charge in [-0.15, -0.1) is 0 Å². The largest absolute Gasteiger partial charge is 0.357 e. The van der Waals surface area contributed by atoms with Crippen LogP contribution in [0.4, 0.5) is 0 Å². The Morgan fingerprint density at radius 3 is 2.64 bits per heavy atom. The second-order valence-corrected chi connectivity index (χ2v) is 8.07. The molecule has 0 radical (unpaired) electrons. The van der Waals surface area contributed by atoms with Crippen LogP contribution < -0.4 is 15.4 Å². The molecule has 4 N–H and O–H groups in total. The van der Waals surface area contributed by atoms with E-state index in [1.807, 2.05) is 6.92 Å². The second kappa shape index (κ2) is 8.26. The summed E-state index contributed by atoms with van der Waals surface area (Å²) in [5.74, 6) is -0.695. The van der Waals surface area contributed by atoms with Gasteiger partial charge < -0.3 is 10.3 Å². The van der Waals surface area contributed by atoms with Gasteiger partial charge in [-0.1, -0.05) is 17.7 Å². The number of hydrogen-bond donors (Lipinski definition) is 4. The summed E-state index contributed by atoms with van der Waals surface area (Å²) < 4.78 is 27.0. The number of nitrogens with one attached hydrogen (secondary N) is 4.